The zero-order valence-corrected chi connectivity index (χ0v) is 38.2. The van der Waals surface area contributed by atoms with E-state index in [1.54, 1.807) is 6.08 Å². The molecule has 0 amide bonds. The van der Waals surface area contributed by atoms with Crippen LogP contribution in [-0.2, 0) is 32.7 Å². The summed E-state index contributed by atoms with van der Waals surface area (Å²) in [6.07, 6.45) is 30.9. The van der Waals surface area contributed by atoms with Crippen LogP contribution in [0.25, 0.3) is 0 Å². The lowest BCUT2D eigenvalue weighted by Crippen LogP contribution is -2.37. The Morgan fingerprint density at radius 3 is 2.00 bits per heavy atom. The number of hydrogen-bond acceptors (Lipinski definition) is 10. The van der Waals surface area contributed by atoms with Crippen LogP contribution in [0.15, 0.2) is 48.6 Å². The maximum atomic E-state index is 12.7. The van der Waals surface area contributed by atoms with Gasteiger partial charge in [0.2, 0.25) is 0 Å². The summed E-state index contributed by atoms with van der Waals surface area (Å²) in [6.45, 7) is 3.99. The van der Waals surface area contributed by atoms with Gasteiger partial charge >= 0.3 is 19.8 Å². The molecule has 12 nitrogen and oxygen atoms in total. The molecule has 0 heterocycles. The molecule has 0 spiro atoms. The molecule has 1 fully saturated rings. The Kier molecular flexibility index (Phi) is 31.1. The molecule has 1 aliphatic carbocycles. The fourth-order valence-electron chi connectivity index (χ4n) is 6.82. The summed E-state index contributed by atoms with van der Waals surface area (Å²) in [5.74, 6) is -1.27. The molecule has 1 saturated carbocycles. The van der Waals surface area contributed by atoms with E-state index < -0.39 is 50.8 Å². The van der Waals surface area contributed by atoms with Crippen molar-refractivity contribution in [2.24, 2.45) is 11.8 Å². The molecule has 13 heteroatoms. The van der Waals surface area contributed by atoms with Crippen LogP contribution in [0.5, 0.6) is 0 Å². The Balaban J connectivity index is 2.50. The van der Waals surface area contributed by atoms with Crippen LogP contribution in [0.2, 0.25) is 0 Å². The Labute approximate surface area is 357 Å². The molecule has 342 valence electrons. The summed E-state index contributed by atoms with van der Waals surface area (Å²) in [4.78, 5) is 35.6. The number of phosphoric ester groups is 1. The topological polar surface area (TPSA) is 169 Å². The second-order valence-electron chi connectivity index (χ2n) is 17.0. The summed E-state index contributed by atoms with van der Waals surface area (Å²) in [5.41, 5.74) is 0. The molecule has 1 aliphatic rings. The van der Waals surface area contributed by atoms with Gasteiger partial charge in [-0.2, -0.15) is 0 Å². The van der Waals surface area contributed by atoms with Gasteiger partial charge in [-0.05, 0) is 70.1 Å². The van der Waals surface area contributed by atoms with Gasteiger partial charge in [0.25, 0.3) is 0 Å². The van der Waals surface area contributed by atoms with Gasteiger partial charge < -0.3 is 34.2 Å². The van der Waals surface area contributed by atoms with Crippen molar-refractivity contribution in [2.45, 2.75) is 173 Å². The summed E-state index contributed by atoms with van der Waals surface area (Å²) >= 11 is 0. The second kappa shape index (κ2) is 33.5. The molecule has 1 rings (SSSR count). The molecular formula is C46H83NO11P+. The minimum Gasteiger partial charge on any atom is -0.462 e. The zero-order valence-electron chi connectivity index (χ0n) is 37.3. The Morgan fingerprint density at radius 2 is 1.34 bits per heavy atom. The molecule has 0 bridgehead atoms. The Bertz CT molecular complexity index is 1260. The van der Waals surface area contributed by atoms with E-state index in [0.29, 0.717) is 36.7 Å². The van der Waals surface area contributed by atoms with E-state index in [1.165, 1.54) is 19.3 Å². The van der Waals surface area contributed by atoms with Crippen molar-refractivity contribution >= 4 is 19.8 Å². The highest BCUT2D eigenvalue weighted by atomic mass is 31.2. The van der Waals surface area contributed by atoms with Crippen LogP contribution in [0.4, 0.5) is 0 Å². The lowest BCUT2D eigenvalue weighted by atomic mass is 9.88. The third kappa shape index (κ3) is 30.5. The molecule has 0 aromatic rings. The van der Waals surface area contributed by atoms with E-state index in [0.717, 1.165) is 77.0 Å². The number of aliphatic hydroxyl groups excluding tert-OH is 3. The fraction of sp³-hybridized carbons (Fsp3) is 0.783. The van der Waals surface area contributed by atoms with Crippen molar-refractivity contribution in [2.75, 3.05) is 47.5 Å². The predicted octanol–water partition coefficient (Wildman–Crippen LogP) is 9.07. The summed E-state index contributed by atoms with van der Waals surface area (Å²) in [6, 6.07) is 0. The monoisotopic (exact) mass is 857 g/mol. The van der Waals surface area contributed by atoms with E-state index in [2.05, 4.69) is 50.3 Å². The van der Waals surface area contributed by atoms with Gasteiger partial charge in [-0.3, -0.25) is 18.6 Å². The van der Waals surface area contributed by atoms with Crippen molar-refractivity contribution < 1.29 is 57.4 Å². The number of likely N-dealkylation sites (N-methyl/N-ethyl adjacent to an activating group) is 1. The number of unbranched alkanes of at least 4 members (excludes halogenated alkanes) is 10. The van der Waals surface area contributed by atoms with Gasteiger partial charge in [0.1, 0.15) is 19.8 Å². The number of aliphatic hydroxyl groups is 3. The number of phosphoric acid groups is 1. The number of esters is 2. The lowest BCUT2D eigenvalue weighted by Gasteiger charge is -2.24. The van der Waals surface area contributed by atoms with Gasteiger partial charge in [-0.15, -0.1) is 0 Å². The van der Waals surface area contributed by atoms with Gasteiger partial charge in [0.05, 0.1) is 46.1 Å². The normalized spacial score (nSPS) is 20.9. The number of rotatable bonds is 36. The second-order valence-corrected chi connectivity index (χ2v) is 18.5. The number of ether oxygens (including phenoxy) is 2. The minimum absolute atomic E-state index is 0.0118. The number of hydrogen-bond donors (Lipinski definition) is 4. The number of nitrogens with zero attached hydrogens (tertiary/aromatic N) is 1. The largest absolute Gasteiger partial charge is 0.472 e. The highest BCUT2D eigenvalue weighted by Crippen LogP contribution is 2.43. The Hall–Kier alpha value is -2.15. The van der Waals surface area contributed by atoms with Crippen LogP contribution >= 0.6 is 7.82 Å². The maximum Gasteiger partial charge on any atom is 0.472 e. The van der Waals surface area contributed by atoms with E-state index >= 15 is 0 Å². The number of allylic oxidation sites excluding steroid dienone is 6. The number of carbonyl (C=O) groups is 2. The molecule has 0 radical (unpaired) electrons. The quantitative estimate of drug-likeness (QED) is 0.0156. The standard InChI is InChI=1S/C46H82NO11P/c1-6-8-10-11-12-13-14-15-16-17-18-19-20-21-27-31-46(52)58-40(38-57-59(53,54)56-35-34-47(3,4)5)37-55-45(51)30-26-23-22-25-29-41-42(44(50)36-43(41)49)33-32-39(48)28-24-9-7-2/h12-13,15-16,18-19,32-33,39-44,48-50H,6-11,14,17,20-31,34-38H2,1-5H3/p+1/b13-12-,16-15-,19-18-,33-32+/t39-,40+,41+,42+,43-,44+/m0/s1. The highest BCUT2D eigenvalue weighted by molar-refractivity contribution is 7.47. The SMILES string of the molecule is CCCCC/C=C\C/C=C\C/C=C\CCCCC(=O)O[C@H](COC(=O)CCCCCC[C@@H]1[C@@H](/C=C/[C@@H](O)CCCCC)[C@H](O)C[C@@H]1O)COP(=O)(O)OCC[N+](C)(C)C. The molecule has 59 heavy (non-hydrogen) atoms. The van der Waals surface area contributed by atoms with Gasteiger partial charge in [-0.25, -0.2) is 4.57 Å². The first-order valence-corrected chi connectivity index (χ1v) is 24.1. The van der Waals surface area contributed by atoms with E-state index in [4.69, 9.17) is 18.5 Å². The smallest absolute Gasteiger partial charge is 0.462 e. The third-order valence-corrected chi connectivity index (χ3v) is 11.4. The Morgan fingerprint density at radius 1 is 0.746 bits per heavy atom. The maximum absolute atomic E-state index is 12.7. The molecule has 0 aliphatic heterocycles. The van der Waals surface area contributed by atoms with Crippen molar-refractivity contribution in [3.63, 3.8) is 0 Å². The number of carbonyl (C=O) groups excluding carboxylic acids is 2. The molecule has 7 atom stereocenters. The molecule has 0 saturated heterocycles. The first-order chi connectivity index (χ1) is 28.2. The van der Waals surface area contributed by atoms with Gasteiger partial charge in [0, 0.05) is 25.2 Å². The van der Waals surface area contributed by atoms with E-state index in [9.17, 15) is 34.4 Å². The van der Waals surface area contributed by atoms with Crippen molar-refractivity contribution in [3.8, 4) is 0 Å². The van der Waals surface area contributed by atoms with Crippen LogP contribution in [-0.4, -0.2) is 109 Å². The fourth-order valence-corrected chi connectivity index (χ4v) is 7.56. The highest BCUT2D eigenvalue weighted by Gasteiger charge is 2.39. The van der Waals surface area contributed by atoms with Crippen molar-refractivity contribution in [1.82, 2.24) is 0 Å². The van der Waals surface area contributed by atoms with E-state index in [1.807, 2.05) is 27.2 Å². The van der Waals surface area contributed by atoms with Gasteiger partial charge in [0.15, 0.2) is 6.10 Å². The summed E-state index contributed by atoms with van der Waals surface area (Å²) < 4.78 is 34.2. The average Bonchev–Trinajstić information content (AvgIpc) is 3.44. The third-order valence-electron chi connectivity index (χ3n) is 10.4. The van der Waals surface area contributed by atoms with Crippen molar-refractivity contribution in [3.05, 3.63) is 48.6 Å². The van der Waals surface area contributed by atoms with Crippen LogP contribution in [0, 0.1) is 11.8 Å². The summed E-state index contributed by atoms with van der Waals surface area (Å²) in [5, 5.41) is 31.4. The zero-order chi connectivity index (χ0) is 43.8. The lowest BCUT2D eigenvalue weighted by molar-refractivity contribution is -0.870. The number of quaternary nitrogens is 1. The van der Waals surface area contributed by atoms with Crippen LogP contribution in [0.1, 0.15) is 149 Å². The first-order valence-electron chi connectivity index (χ1n) is 22.6. The van der Waals surface area contributed by atoms with Gasteiger partial charge in [-0.1, -0.05) is 114 Å². The molecule has 0 aromatic heterocycles. The minimum atomic E-state index is -4.44. The molecular weight excluding hydrogens is 773 g/mol. The van der Waals surface area contributed by atoms with Crippen molar-refractivity contribution in [1.29, 1.82) is 0 Å². The molecule has 0 aromatic carbocycles. The summed E-state index contributed by atoms with van der Waals surface area (Å²) in [7, 11) is 1.33. The van der Waals surface area contributed by atoms with E-state index in [-0.39, 0.29) is 37.9 Å². The molecule has 4 N–H and O–H groups in total. The molecule has 1 unspecified atom stereocenters. The average molecular weight is 857 g/mol. The predicted molar refractivity (Wildman–Crippen MR) is 235 cm³/mol. The van der Waals surface area contributed by atoms with Crippen LogP contribution in [0.3, 0.4) is 0 Å². The first kappa shape index (κ1) is 54.9. The van der Waals surface area contributed by atoms with Crippen LogP contribution < -0.4 is 0 Å².